The summed E-state index contributed by atoms with van der Waals surface area (Å²) in [7, 11) is 1.40. The maximum absolute atomic E-state index is 9.89. The van der Waals surface area contributed by atoms with E-state index in [1.165, 1.54) is 13.2 Å². The van der Waals surface area contributed by atoms with Crippen molar-refractivity contribution in [3.63, 3.8) is 0 Å². The Labute approximate surface area is 138 Å². The molecule has 0 saturated heterocycles. The highest BCUT2D eigenvalue weighted by Crippen LogP contribution is 2.42. The van der Waals surface area contributed by atoms with E-state index in [2.05, 4.69) is 6.58 Å². The first-order valence-corrected chi connectivity index (χ1v) is 7.09. The minimum Gasteiger partial charge on any atom is -0.504 e. The summed E-state index contributed by atoms with van der Waals surface area (Å²) in [6, 6.07) is 6.24. The number of rotatable bonds is 4. The highest BCUT2D eigenvalue weighted by Gasteiger charge is 2.18. The molecule has 0 spiro atoms. The van der Waals surface area contributed by atoms with Crippen LogP contribution < -0.4 is 14.2 Å². The number of phenolic OH excluding ortho intramolecular Hbond substituents is 3. The van der Waals surface area contributed by atoms with Gasteiger partial charge in [-0.05, 0) is 41.0 Å². The molecule has 6 heteroatoms. The van der Waals surface area contributed by atoms with Crippen LogP contribution in [0.4, 0.5) is 0 Å². The molecular weight excluding hydrogens is 312 g/mol. The first kappa shape index (κ1) is 15.6. The van der Waals surface area contributed by atoms with Crippen LogP contribution in [-0.4, -0.2) is 29.2 Å². The molecule has 0 radical (unpaired) electrons. The zero-order valence-electron chi connectivity index (χ0n) is 12.9. The van der Waals surface area contributed by atoms with Gasteiger partial charge in [-0.15, -0.1) is 0 Å². The number of benzene rings is 2. The summed E-state index contributed by atoms with van der Waals surface area (Å²) in [5, 5.41) is 29.3. The summed E-state index contributed by atoms with van der Waals surface area (Å²) in [6.45, 7) is 4.01. The maximum atomic E-state index is 9.89. The number of aromatic hydroxyl groups is 3. The molecule has 3 rings (SSSR count). The van der Waals surface area contributed by atoms with E-state index in [9.17, 15) is 15.3 Å². The van der Waals surface area contributed by atoms with Gasteiger partial charge in [0.2, 0.25) is 18.3 Å². The molecule has 1 aliphatic heterocycles. The summed E-state index contributed by atoms with van der Waals surface area (Å²) in [4.78, 5) is 0. The Morgan fingerprint density at radius 3 is 2.67 bits per heavy atom. The Kier molecular flexibility index (Phi) is 3.95. The van der Waals surface area contributed by atoms with Crippen LogP contribution in [0.1, 0.15) is 11.1 Å². The molecule has 3 N–H and O–H groups in total. The Morgan fingerprint density at radius 1 is 1.12 bits per heavy atom. The van der Waals surface area contributed by atoms with E-state index in [0.29, 0.717) is 28.2 Å². The minimum atomic E-state index is -0.321. The van der Waals surface area contributed by atoms with E-state index in [-0.39, 0.29) is 29.8 Å². The Hall–Kier alpha value is -3.28. The quantitative estimate of drug-likeness (QED) is 0.590. The minimum absolute atomic E-state index is 0.000732. The molecule has 0 aliphatic carbocycles. The highest BCUT2D eigenvalue weighted by molar-refractivity contribution is 5.80. The van der Waals surface area contributed by atoms with Crippen LogP contribution in [0, 0.1) is 0 Å². The Morgan fingerprint density at radius 2 is 1.92 bits per heavy atom. The molecule has 0 amide bonds. The topological polar surface area (TPSA) is 88.4 Å². The second kappa shape index (κ2) is 6.08. The lowest BCUT2D eigenvalue weighted by atomic mass is 10.0. The third-order valence-electron chi connectivity index (χ3n) is 3.60. The van der Waals surface area contributed by atoms with E-state index >= 15 is 0 Å². The van der Waals surface area contributed by atoms with Crippen molar-refractivity contribution in [1.29, 1.82) is 0 Å². The monoisotopic (exact) mass is 328 g/mol. The second-order valence-corrected chi connectivity index (χ2v) is 5.18. The van der Waals surface area contributed by atoms with Gasteiger partial charge in [-0.3, -0.25) is 0 Å². The second-order valence-electron chi connectivity index (χ2n) is 5.18. The average molecular weight is 328 g/mol. The van der Waals surface area contributed by atoms with Gasteiger partial charge in [-0.1, -0.05) is 18.7 Å². The summed E-state index contributed by atoms with van der Waals surface area (Å²) in [6.07, 6.45) is 3.45. The predicted octanol–water partition coefficient (Wildman–Crippen LogP) is 3.27. The summed E-state index contributed by atoms with van der Waals surface area (Å²) in [5.41, 5.74) is 1.87. The molecule has 2 aromatic carbocycles. The van der Waals surface area contributed by atoms with Crippen LogP contribution in [-0.2, 0) is 0 Å². The molecule has 0 unspecified atom stereocenters. The molecule has 0 aromatic heterocycles. The third-order valence-corrected chi connectivity index (χ3v) is 3.60. The molecule has 0 saturated carbocycles. The average Bonchev–Trinajstić information content (AvgIpc) is 3.04. The Balaban J connectivity index is 1.86. The molecule has 24 heavy (non-hydrogen) atoms. The van der Waals surface area contributed by atoms with Gasteiger partial charge in [0, 0.05) is 0 Å². The van der Waals surface area contributed by atoms with Crippen LogP contribution in [0.15, 0.2) is 36.9 Å². The van der Waals surface area contributed by atoms with Gasteiger partial charge in [0.05, 0.1) is 7.11 Å². The van der Waals surface area contributed by atoms with Crippen LogP contribution in [0.25, 0.3) is 11.6 Å². The van der Waals surface area contributed by atoms with Crippen LogP contribution in [0.3, 0.4) is 0 Å². The van der Waals surface area contributed by atoms with E-state index in [0.717, 1.165) is 0 Å². The van der Waals surface area contributed by atoms with Gasteiger partial charge < -0.3 is 29.5 Å². The fourth-order valence-corrected chi connectivity index (χ4v) is 2.34. The first-order valence-electron chi connectivity index (χ1n) is 7.09. The lowest BCUT2D eigenvalue weighted by molar-refractivity contribution is 0.171. The van der Waals surface area contributed by atoms with Crippen molar-refractivity contribution < 1.29 is 29.5 Å². The van der Waals surface area contributed by atoms with E-state index < -0.39 is 0 Å². The largest absolute Gasteiger partial charge is 0.504 e. The summed E-state index contributed by atoms with van der Waals surface area (Å²) < 4.78 is 15.4. The van der Waals surface area contributed by atoms with Crippen molar-refractivity contribution in [2.24, 2.45) is 0 Å². The molecule has 0 fully saturated rings. The van der Waals surface area contributed by atoms with Crippen LogP contribution >= 0.6 is 0 Å². The van der Waals surface area contributed by atoms with Crippen LogP contribution in [0.5, 0.6) is 34.5 Å². The number of ether oxygens (including phenoxy) is 3. The van der Waals surface area contributed by atoms with Crippen LogP contribution in [0.2, 0.25) is 0 Å². The molecule has 0 bridgehead atoms. The van der Waals surface area contributed by atoms with E-state index in [4.69, 9.17) is 14.2 Å². The summed E-state index contributed by atoms with van der Waals surface area (Å²) >= 11 is 0. The van der Waals surface area contributed by atoms with Gasteiger partial charge in [-0.25, -0.2) is 0 Å². The number of hydrogen-bond acceptors (Lipinski definition) is 6. The number of methoxy groups -OCH3 is 1. The number of phenols is 3. The lowest BCUT2D eigenvalue weighted by Crippen LogP contribution is -1.93. The molecule has 2 aromatic rings. The number of allylic oxidation sites excluding steroid dienone is 2. The molecule has 1 aliphatic rings. The predicted molar refractivity (Wildman–Crippen MR) is 88.6 cm³/mol. The molecule has 0 atom stereocenters. The highest BCUT2D eigenvalue weighted by atomic mass is 16.7. The fourth-order valence-electron chi connectivity index (χ4n) is 2.34. The lowest BCUT2D eigenvalue weighted by Gasteiger charge is -2.09. The van der Waals surface area contributed by atoms with Gasteiger partial charge in [-0.2, -0.15) is 0 Å². The smallest absolute Gasteiger partial charge is 0.231 e. The van der Waals surface area contributed by atoms with Gasteiger partial charge in [0.25, 0.3) is 0 Å². The molecule has 1 heterocycles. The van der Waals surface area contributed by atoms with E-state index in [1.807, 2.05) is 0 Å². The van der Waals surface area contributed by atoms with Crippen molar-refractivity contribution >= 4 is 11.6 Å². The van der Waals surface area contributed by atoms with Gasteiger partial charge >= 0.3 is 0 Å². The molecule has 6 nitrogen and oxygen atoms in total. The van der Waals surface area contributed by atoms with Crippen molar-refractivity contribution in [3.05, 3.63) is 48.0 Å². The van der Waals surface area contributed by atoms with Crippen molar-refractivity contribution in [2.45, 2.75) is 0 Å². The standard InChI is InChI=1S/C18H16O6/c1-10(12-7-13(19)17(21)15(8-12)22-2)3-4-11-5-14(20)18-16(6-11)23-9-24-18/h3-8,19-21H,1,9H2,2H3/b4-3+. The van der Waals surface area contributed by atoms with Crippen molar-refractivity contribution in [2.75, 3.05) is 13.9 Å². The van der Waals surface area contributed by atoms with Crippen molar-refractivity contribution in [3.8, 4) is 34.5 Å². The van der Waals surface area contributed by atoms with Crippen molar-refractivity contribution in [1.82, 2.24) is 0 Å². The number of fused-ring (bicyclic) bond motifs is 1. The normalized spacial score (nSPS) is 12.5. The third kappa shape index (κ3) is 2.81. The van der Waals surface area contributed by atoms with Gasteiger partial charge in [0.1, 0.15) is 0 Å². The maximum Gasteiger partial charge on any atom is 0.231 e. The number of hydrogen-bond donors (Lipinski definition) is 3. The van der Waals surface area contributed by atoms with E-state index in [1.54, 1.807) is 30.4 Å². The molecular formula is C18H16O6. The zero-order valence-corrected chi connectivity index (χ0v) is 12.9. The SMILES string of the molecule is C=C(/C=C/c1cc(O)c2c(c1)OCO2)c1cc(O)c(O)c(OC)c1. The Bertz CT molecular complexity index is 838. The first-order chi connectivity index (χ1) is 11.5. The summed E-state index contributed by atoms with van der Waals surface area (Å²) in [5.74, 6) is 0.348. The molecule has 124 valence electrons. The fraction of sp³-hybridized carbons (Fsp3) is 0.111. The van der Waals surface area contributed by atoms with Gasteiger partial charge in [0.15, 0.2) is 23.0 Å². The zero-order chi connectivity index (χ0) is 17.3.